The van der Waals surface area contributed by atoms with Crippen LogP contribution in [0.3, 0.4) is 0 Å². The van der Waals surface area contributed by atoms with Crippen LogP contribution in [0.5, 0.6) is 5.75 Å². The third-order valence-electron chi connectivity index (χ3n) is 3.04. The molecule has 0 saturated heterocycles. The number of aliphatic hydroxyl groups is 1. The molecule has 0 aromatic heterocycles. The molecule has 0 amide bonds. The van der Waals surface area contributed by atoms with Crippen LogP contribution in [-0.2, 0) is 10.8 Å². The second-order valence-electron chi connectivity index (χ2n) is 4.84. The molecule has 0 aliphatic carbocycles. The molecule has 0 bridgehead atoms. The summed E-state index contributed by atoms with van der Waals surface area (Å²) < 4.78 is 17.4. The second-order valence-corrected chi connectivity index (χ2v) is 6.42. The van der Waals surface area contributed by atoms with Gasteiger partial charge in [0.15, 0.2) is 0 Å². The van der Waals surface area contributed by atoms with Crippen LogP contribution < -0.4 is 10.1 Å². The van der Waals surface area contributed by atoms with Crippen molar-refractivity contribution >= 4 is 10.8 Å². The largest absolute Gasteiger partial charge is 0.491 e. The highest BCUT2D eigenvalue weighted by Gasteiger charge is 2.06. The number of hydrogen-bond acceptors (Lipinski definition) is 4. The summed E-state index contributed by atoms with van der Waals surface area (Å²) >= 11 is 0. The maximum Gasteiger partial charge on any atom is 0.119 e. The van der Waals surface area contributed by atoms with E-state index in [0.717, 1.165) is 10.6 Å². The monoisotopic (exact) mass is 319 g/mol. The van der Waals surface area contributed by atoms with Crippen molar-refractivity contribution in [1.82, 2.24) is 5.32 Å². The molecule has 4 nitrogen and oxygen atoms in total. The Morgan fingerprint density at radius 3 is 2.36 bits per heavy atom. The molecule has 2 aromatic rings. The lowest BCUT2D eigenvalue weighted by atomic mass is 10.3. The normalized spacial score (nSPS) is 13.5. The molecule has 2 aromatic carbocycles. The minimum absolute atomic E-state index is 0.235. The van der Waals surface area contributed by atoms with Gasteiger partial charge in [0.1, 0.15) is 18.5 Å². The Morgan fingerprint density at radius 2 is 1.68 bits per heavy atom. The molecule has 0 fully saturated rings. The van der Waals surface area contributed by atoms with Crippen molar-refractivity contribution in [2.45, 2.75) is 11.0 Å². The molecule has 0 radical (unpaired) electrons. The van der Waals surface area contributed by atoms with Crippen LogP contribution in [0, 0.1) is 0 Å². The summed E-state index contributed by atoms with van der Waals surface area (Å²) in [7, 11) is -1.01. The first-order valence-corrected chi connectivity index (χ1v) is 8.57. The number of nitrogens with one attached hydrogen (secondary N) is 1. The van der Waals surface area contributed by atoms with Crippen LogP contribution in [0.15, 0.2) is 65.6 Å². The van der Waals surface area contributed by atoms with E-state index in [-0.39, 0.29) is 6.61 Å². The molecule has 2 rings (SSSR count). The van der Waals surface area contributed by atoms with Crippen molar-refractivity contribution in [3.63, 3.8) is 0 Å². The van der Waals surface area contributed by atoms with Crippen LogP contribution in [-0.4, -0.2) is 40.9 Å². The topological polar surface area (TPSA) is 58.6 Å². The molecular weight excluding hydrogens is 298 g/mol. The number of rotatable bonds is 9. The van der Waals surface area contributed by atoms with Crippen molar-refractivity contribution in [3.05, 3.63) is 60.7 Å². The van der Waals surface area contributed by atoms with Gasteiger partial charge in [0.2, 0.25) is 0 Å². The fourth-order valence-electron chi connectivity index (χ4n) is 1.89. The van der Waals surface area contributed by atoms with Gasteiger partial charge < -0.3 is 15.2 Å². The van der Waals surface area contributed by atoms with E-state index in [9.17, 15) is 9.32 Å². The maximum atomic E-state index is 12.0. The predicted molar refractivity (Wildman–Crippen MR) is 88.5 cm³/mol. The zero-order chi connectivity index (χ0) is 15.6. The van der Waals surface area contributed by atoms with E-state index in [2.05, 4.69) is 5.32 Å². The lowest BCUT2D eigenvalue weighted by Crippen LogP contribution is -2.33. The number of benzene rings is 2. The number of aliphatic hydroxyl groups excluding tert-OH is 1. The van der Waals surface area contributed by atoms with Gasteiger partial charge in [-0.25, -0.2) is 0 Å². The highest BCUT2D eigenvalue weighted by atomic mass is 32.2. The predicted octanol–water partition coefficient (Wildman–Crippen LogP) is 1.82. The van der Waals surface area contributed by atoms with Gasteiger partial charge in [-0.05, 0) is 24.3 Å². The fraction of sp³-hybridized carbons (Fsp3) is 0.294. The Balaban J connectivity index is 1.59. The Hall–Kier alpha value is -1.69. The molecule has 2 atom stereocenters. The zero-order valence-corrected chi connectivity index (χ0v) is 13.2. The Labute approximate surface area is 133 Å². The summed E-state index contributed by atoms with van der Waals surface area (Å²) in [6, 6.07) is 18.8. The van der Waals surface area contributed by atoms with Gasteiger partial charge >= 0.3 is 0 Å². The molecule has 0 aliphatic heterocycles. The summed E-state index contributed by atoms with van der Waals surface area (Å²) in [5.74, 6) is 1.27. The summed E-state index contributed by atoms with van der Waals surface area (Å²) in [5.41, 5.74) is 0. The van der Waals surface area contributed by atoms with Crippen molar-refractivity contribution < 1.29 is 14.1 Å². The first-order valence-electron chi connectivity index (χ1n) is 7.26. The molecule has 0 unspecified atom stereocenters. The van der Waals surface area contributed by atoms with E-state index in [1.807, 2.05) is 60.7 Å². The number of para-hydroxylation sites is 1. The van der Waals surface area contributed by atoms with Crippen LogP contribution in [0.1, 0.15) is 0 Å². The summed E-state index contributed by atoms with van der Waals surface area (Å²) in [6.07, 6.45) is -0.592. The summed E-state index contributed by atoms with van der Waals surface area (Å²) in [4.78, 5) is 0.831. The molecule has 118 valence electrons. The molecule has 5 heteroatoms. The SMILES string of the molecule is O=[S@](CCNC[C@H](O)COc1ccccc1)c1ccccc1. The first-order chi connectivity index (χ1) is 10.8. The van der Waals surface area contributed by atoms with E-state index in [1.54, 1.807) is 0 Å². The molecule has 0 heterocycles. The van der Waals surface area contributed by atoms with Gasteiger partial charge in [0, 0.05) is 23.7 Å². The van der Waals surface area contributed by atoms with Crippen LogP contribution in [0.25, 0.3) is 0 Å². The quantitative estimate of drug-likeness (QED) is 0.692. The van der Waals surface area contributed by atoms with E-state index >= 15 is 0 Å². The van der Waals surface area contributed by atoms with Crippen LogP contribution in [0.4, 0.5) is 0 Å². The Bertz CT molecular complexity index is 563. The number of hydrogen-bond donors (Lipinski definition) is 2. The van der Waals surface area contributed by atoms with Gasteiger partial charge in [-0.3, -0.25) is 4.21 Å². The zero-order valence-electron chi connectivity index (χ0n) is 12.4. The molecule has 0 aliphatic rings. The lowest BCUT2D eigenvalue weighted by molar-refractivity contribution is 0.107. The van der Waals surface area contributed by atoms with Gasteiger partial charge in [-0.15, -0.1) is 0 Å². The lowest BCUT2D eigenvalue weighted by Gasteiger charge is -2.13. The highest BCUT2D eigenvalue weighted by molar-refractivity contribution is 7.85. The molecule has 0 saturated carbocycles. The highest BCUT2D eigenvalue weighted by Crippen LogP contribution is 2.08. The van der Waals surface area contributed by atoms with E-state index in [4.69, 9.17) is 4.74 Å². The third-order valence-corrected chi connectivity index (χ3v) is 4.41. The van der Waals surface area contributed by atoms with Crippen molar-refractivity contribution in [2.24, 2.45) is 0 Å². The minimum Gasteiger partial charge on any atom is -0.491 e. The standard InChI is InChI=1S/C17H21NO3S/c19-15(14-21-16-7-3-1-4-8-16)13-18-11-12-22(20)17-9-5-2-6-10-17/h1-10,15,18-19H,11-14H2/t15-,22+/m0/s1. The van der Waals surface area contributed by atoms with E-state index < -0.39 is 16.9 Å². The summed E-state index contributed by atoms with van der Waals surface area (Å²) in [6.45, 7) is 1.24. The number of ether oxygens (including phenoxy) is 1. The minimum atomic E-state index is -1.01. The Morgan fingerprint density at radius 1 is 1.05 bits per heavy atom. The van der Waals surface area contributed by atoms with Crippen molar-refractivity contribution in [3.8, 4) is 5.75 Å². The molecule has 2 N–H and O–H groups in total. The average Bonchev–Trinajstić information content (AvgIpc) is 2.58. The molecule has 22 heavy (non-hydrogen) atoms. The third kappa shape index (κ3) is 5.97. The average molecular weight is 319 g/mol. The van der Waals surface area contributed by atoms with Crippen molar-refractivity contribution in [1.29, 1.82) is 0 Å². The van der Waals surface area contributed by atoms with Crippen molar-refractivity contribution in [2.75, 3.05) is 25.4 Å². The fourth-order valence-corrected chi connectivity index (χ4v) is 2.92. The summed E-state index contributed by atoms with van der Waals surface area (Å²) in [5, 5.41) is 12.9. The molecular formula is C17H21NO3S. The molecule has 0 spiro atoms. The van der Waals surface area contributed by atoms with E-state index in [1.165, 1.54) is 0 Å². The first kappa shape index (κ1) is 16.7. The van der Waals surface area contributed by atoms with Gasteiger partial charge in [-0.2, -0.15) is 0 Å². The Kier molecular flexibility index (Phi) is 7.09. The van der Waals surface area contributed by atoms with Gasteiger partial charge in [-0.1, -0.05) is 36.4 Å². The second kappa shape index (κ2) is 9.35. The maximum absolute atomic E-state index is 12.0. The van der Waals surface area contributed by atoms with Gasteiger partial charge in [0.05, 0.1) is 10.8 Å². The smallest absolute Gasteiger partial charge is 0.119 e. The van der Waals surface area contributed by atoms with E-state index in [0.29, 0.717) is 18.8 Å². The van der Waals surface area contributed by atoms with Crippen LogP contribution in [0.2, 0.25) is 0 Å². The van der Waals surface area contributed by atoms with Gasteiger partial charge in [0.25, 0.3) is 0 Å². The van der Waals surface area contributed by atoms with Crippen LogP contribution >= 0.6 is 0 Å².